The van der Waals surface area contributed by atoms with Crippen LogP contribution >= 0.6 is 12.1 Å². The summed E-state index contributed by atoms with van der Waals surface area (Å²) in [5.74, 6) is 2.10. The highest BCUT2D eigenvalue weighted by Gasteiger charge is 2.45. The van der Waals surface area contributed by atoms with E-state index in [-0.39, 0.29) is 138 Å². The third kappa shape index (κ3) is 25.5. The molecule has 738 valence electrons. The molecule has 9 aliphatic rings. The van der Waals surface area contributed by atoms with E-state index in [0.717, 1.165) is 116 Å². The van der Waals surface area contributed by atoms with E-state index in [4.69, 9.17) is 29.6 Å². The normalized spacial score (nSPS) is 19.1. The first-order valence-corrected chi connectivity index (χ1v) is 49.5. The number of hydrogen-bond acceptors (Lipinski definition) is 20. The first kappa shape index (κ1) is 103. The van der Waals surface area contributed by atoms with Gasteiger partial charge in [-0.05, 0) is 230 Å². The Morgan fingerprint density at radius 1 is 0.418 bits per heavy atom. The number of carboxylic acids is 1. The Balaban J connectivity index is 0.000000143. The number of amides is 8. The number of hydrogen-bond donors (Lipinski definition) is 3. The van der Waals surface area contributed by atoms with Crippen molar-refractivity contribution in [3.05, 3.63) is 263 Å². The van der Waals surface area contributed by atoms with E-state index < -0.39 is 5.97 Å². The molecular weight excluding hydrogens is 1810 g/mol. The van der Waals surface area contributed by atoms with Crippen molar-refractivity contribution in [1.82, 2.24) is 39.9 Å². The van der Waals surface area contributed by atoms with Gasteiger partial charge in [0.15, 0.2) is 11.0 Å². The molecule has 10 aromatic rings. The summed E-state index contributed by atoms with van der Waals surface area (Å²) in [7, 11) is 0. The molecule has 30 nitrogen and oxygen atoms in total. The van der Waals surface area contributed by atoms with Crippen LogP contribution in [0.25, 0.3) is 35.2 Å². The first-order chi connectivity index (χ1) is 67.7. The summed E-state index contributed by atoms with van der Waals surface area (Å²) >= 11 is 0.250. The monoisotopic (exact) mass is 1930 g/mol. The number of carbonyl (C=O) groups is 9. The van der Waals surface area contributed by atoms with Gasteiger partial charge < -0.3 is 64.3 Å². The smallest absolute Gasteiger partial charge is 0.478 e. The SMILES string of the molecule is C=c1ccc(=C2N=[O+]C(C3CCN(C(=O)[C@H]4CC(=O)N(c5ccc(C)c(C)c5)C4)CC3)=N2)cc1.CSF.Cc1ccc(-c2noc(C3CCN(C(=O)C4CC(=O)N(c5ccc(C)c(C)c5)C4)CC3)n2)cc1.Cc1ccc(-c2noc(C3CCN(C(=O)[C@@H]4CC(=O)N(c5ccc(C)c(C)c5)C4)CC3)n2)cc1.Cc1ccc(C(N)=NO)cc1.Cc1ccc(N2CC(C(=O)N3CCC(C(=O)O)CC3)CC2=O)cc1C. The van der Waals surface area contributed by atoms with Crippen LogP contribution in [0.4, 0.5) is 26.6 Å². The second kappa shape index (κ2) is 46.7. The van der Waals surface area contributed by atoms with Gasteiger partial charge in [-0.1, -0.05) is 160 Å². The van der Waals surface area contributed by atoms with Crippen LogP contribution in [0.1, 0.15) is 167 Å². The fourth-order valence-electron chi connectivity index (χ4n) is 18.9. The van der Waals surface area contributed by atoms with Gasteiger partial charge in [-0.25, -0.2) is 0 Å². The molecule has 11 heterocycles. The number of likely N-dealkylation sites (tertiary alicyclic amines) is 4. The number of anilines is 4. The van der Waals surface area contributed by atoms with Crippen LogP contribution in [0, 0.1) is 116 Å². The lowest BCUT2D eigenvalue weighted by Gasteiger charge is -2.32. The van der Waals surface area contributed by atoms with E-state index in [9.17, 15) is 47.0 Å². The van der Waals surface area contributed by atoms with Gasteiger partial charge in [0.1, 0.15) is 5.92 Å². The Kier molecular flexibility index (Phi) is 34.0. The Hall–Kier alpha value is -14.2. The number of aliphatic carboxylic acids is 1. The minimum atomic E-state index is -0.788. The molecule has 2 aromatic heterocycles. The molecule has 4 N–H and O–H groups in total. The van der Waals surface area contributed by atoms with E-state index in [1.807, 2.05) is 240 Å². The lowest BCUT2D eigenvalue weighted by molar-refractivity contribution is -0.146. The van der Waals surface area contributed by atoms with Crippen molar-refractivity contribution in [2.75, 3.05) is 104 Å². The number of oxime groups is 1. The third-order valence-corrected chi connectivity index (χ3v) is 28.3. The number of aliphatic imine (C=N–C) groups is 1. The molecule has 9 aliphatic heterocycles. The summed E-state index contributed by atoms with van der Waals surface area (Å²) in [6.45, 7) is 32.8. The molecule has 0 aliphatic carbocycles. The summed E-state index contributed by atoms with van der Waals surface area (Å²) in [5.41, 5.74) is 24.3. The second-order valence-corrected chi connectivity index (χ2v) is 38.5. The van der Waals surface area contributed by atoms with Crippen molar-refractivity contribution in [3.63, 3.8) is 0 Å². The molecule has 0 saturated carbocycles. The van der Waals surface area contributed by atoms with Gasteiger partial charge in [0, 0.05) is 179 Å². The molecule has 32 heteroatoms. The van der Waals surface area contributed by atoms with Gasteiger partial charge in [-0.2, -0.15) is 13.9 Å². The molecule has 8 amide bonds. The number of aromatic nitrogens is 4. The van der Waals surface area contributed by atoms with Gasteiger partial charge in [0.25, 0.3) is 5.82 Å². The number of piperidine rings is 4. The predicted molar refractivity (Wildman–Crippen MR) is 544 cm³/mol. The zero-order valence-electron chi connectivity index (χ0n) is 82.3. The van der Waals surface area contributed by atoms with Crippen LogP contribution in [0.2, 0.25) is 0 Å². The number of benzene rings is 8. The van der Waals surface area contributed by atoms with Crippen molar-refractivity contribution in [2.24, 2.45) is 56.6 Å². The Morgan fingerprint density at radius 3 is 1.01 bits per heavy atom. The van der Waals surface area contributed by atoms with Gasteiger partial charge in [-0.3, -0.25) is 43.2 Å². The molecule has 19 rings (SSSR count). The maximum Gasteiger partial charge on any atom is 0.478 e. The molecule has 0 bridgehead atoms. The van der Waals surface area contributed by atoms with Gasteiger partial charge >= 0.3 is 11.9 Å². The van der Waals surface area contributed by atoms with Crippen molar-refractivity contribution >= 4 is 112 Å². The van der Waals surface area contributed by atoms with Crippen LogP contribution in [-0.2, 0) is 43.2 Å². The van der Waals surface area contributed by atoms with Crippen molar-refractivity contribution < 1.29 is 66.4 Å². The number of rotatable bonds is 15. The summed E-state index contributed by atoms with van der Waals surface area (Å²) < 4.78 is 26.9. The molecule has 0 radical (unpaired) electrons. The highest BCUT2D eigenvalue weighted by molar-refractivity contribution is 7.93. The van der Waals surface area contributed by atoms with E-state index >= 15 is 0 Å². The average molecular weight is 1940 g/mol. The molecule has 141 heavy (non-hydrogen) atoms. The highest BCUT2D eigenvalue weighted by atomic mass is 32.2. The second-order valence-electron chi connectivity index (χ2n) is 38.2. The standard InChI is InChI=1S/2C27H30N4O3.C27H29N4O3.C19H24N2O4.C8H10N2O.CH3FS/c3*1-17-4-7-20(8-5-17)25-28-26(34-29-25)21-10-12-30(13-11-21)27(33)22-15-24(32)31(16-22)23-9-6-18(2)19(3)14-23;1-12-3-4-16(9-13(12)2)21-11-15(10-17(21)22)18(23)20-7-5-14(6-8-20)19(24)25;1-6-2-4-7(5-3-6)8(9)10-11;1-3-2/h2*4-9,14,21-22H,10-13,15-16H2,1-3H3;4-9,14,21-22H,1,10-13,15-16H2,2-3H3;3-4,9,14-15H,5-8,10-11H2,1-2H3,(H,24,25);2-5,11H,1H3,(H2,9,10);1H3/q;;+1;;;/t22-;;22-;;;/m1.0.../s1. The first-order valence-electron chi connectivity index (χ1n) is 48.3. The Bertz CT molecular complexity index is 6240. The fourth-order valence-corrected chi connectivity index (χ4v) is 18.9. The third-order valence-electron chi connectivity index (χ3n) is 28.3. The molecule has 8 saturated heterocycles. The molecule has 4 atom stereocenters. The lowest BCUT2D eigenvalue weighted by atomic mass is 9.95. The Labute approximate surface area is 826 Å². The molecule has 0 spiro atoms. The number of amidine groups is 1. The van der Waals surface area contributed by atoms with E-state index in [1.165, 1.54) is 39.6 Å². The van der Waals surface area contributed by atoms with Crippen molar-refractivity contribution in [1.29, 1.82) is 0 Å². The van der Waals surface area contributed by atoms with E-state index in [0.29, 0.717) is 127 Å². The highest BCUT2D eigenvalue weighted by Crippen LogP contribution is 2.38. The van der Waals surface area contributed by atoms with Crippen molar-refractivity contribution in [3.8, 4) is 22.8 Å². The zero-order valence-corrected chi connectivity index (χ0v) is 83.1. The van der Waals surface area contributed by atoms with E-state index in [1.54, 1.807) is 24.5 Å². The number of nitrogens with two attached hydrogens (primary N) is 1. The number of nitroso groups, excluding NO2 is 1. The summed E-state index contributed by atoms with van der Waals surface area (Å²) in [6, 6.07) is 55.2. The number of nitrogens with zero attached hydrogens (tertiary/aromatic N) is 15. The average Bonchev–Trinajstić information content (AvgIpc) is 1.66. The summed E-state index contributed by atoms with van der Waals surface area (Å²) in [5, 5.41) is 34.5. The van der Waals surface area contributed by atoms with Crippen LogP contribution in [0.15, 0.2) is 194 Å². The zero-order chi connectivity index (χ0) is 101. The summed E-state index contributed by atoms with van der Waals surface area (Å²) in [6.07, 6.45) is 8.06. The molecule has 8 fully saturated rings. The van der Waals surface area contributed by atoms with Crippen LogP contribution in [0.5, 0.6) is 0 Å². The predicted octanol–water partition coefficient (Wildman–Crippen LogP) is 15.9. The number of carboxylic acid groups (broad SMARTS) is 1. The van der Waals surface area contributed by atoms with Gasteiger partial charge in [0.05, 0.1) is 29.6 Å². The Morgan fingerprint density at radius 2 is 0.716 bits per heavy atom. The number of carbonyl (C=O) groups excluding carboxylic acids is 8. The molecule has 2 unspecified atom stereocenters. The quantitative estimate of drug-likeness (QED) is 0.0282. The summed E-state index contributed by atoms with van der Waals surface area (Å²) in [4.78, 5) is 142. The minimum Gasteiger partial charge on any atom is -0.481 e. The minimum absolute atomic E-state index is 0.0155. The van der Waals surface area contributed by atoms with Gasteiger partial charge in [0.2, 0.25) is 70.7 Å². The van der Waals surface area contributed by atoms with Gasteiger partial charge in [-0.15, -0.1) is 4.99 Å². The fraction of sp³-hybridized carbons (Fsp3) is 0.404. The largest absolute Gasteiger partial charge is 0.481 e. The number of aryl methyl sites for hydroxylation is 11. The molecular formula is C109H126FN16O14S+. The van der Waals surface area contributed by atoms with Crippen LogP contribution in [0.3, 0.4) is 0 Å². The van der Waals surface area contributed by atoms with Crippen LogP contribution in [-0.4, -0.2) is 200 Å². The molecule has 8 aromatic carbocycles. The van der Waals surface area contributed by atoms with E-state index in [2.05, 4.69) is 63.0 Å². The van der Waals surface area contributed by atoms with Crippen molar-refractivity contribution in [2.45, 2.75) is 165 Å². The maximum absolute atomic E-state index is 13.2. The topological polar surface area (TPSA) is 372 Å². The maximum atomic E-state index is 13.2. The lowest BCUT2D eigenvalue weighted by Crippen LogP contribution is -2.43. The van der Waals surface area contributed by atoms with Crippen LogP contribution < -0.4 is 35.8 Å². The number of halogens is 1.